The van der Waals surface area contributed by atoms with Crippen LogP contribution >= 0.6 is 0 Å². The first-order valence-electron chi connectivity index (χ1n) is 7.64. The number of nitrogens with zero attached hydrogens (tertiary/aromatic N) is 2. The number of hydrogen-bond donors (Lipinski definition) is 1. The lowest BCUT2D eigenvalue weighted by molar-refractivity contribution is 0.0696. The minimum atomic E-state index is -0.942. The van der Waals surface area contributed by atoms with E-state index in [1.54, 1.807) is 24.3 Å². The van der Waals surface area contributed by atoms with E-state index < -0.39 is 5.97 Å². The summed E-state index contributed by atoms with van der Waals surface area (Å²) in [7, 11) is 0. The molecular formula is C17H16N2O3. The van der Waals surface area contributed by atoms with Crippen LogP contribution in [-0.2, 0) is 6.42 Å². The molecule has 1 aromatic carbocycles. The number of fused-ring (bicyclic) bond motifs is 1. The summed E-state index contributed by atoms with van der Waals surface area (Å²) in [5.74, 6) is -0.310. The second-order valence-corrected chi connectivity index (χ2v) is 6.02. The lowest BCUT2D eigenvalue weighted by Crippen LogP contribution is -2.13. The normalized spacial score (nSPS) is 17.4. The standard InChI is InChI=1S/C17H16N2O3/c20-14-3-1-2-13-15(14)16(10-4-5-10)18-19(13)12-8-6-11(7-9-12)17(21)22/h6-10H,1-5H2,(H,21,22). The van der Waals surface area contributed by atoms with Gasteiger partial charge >= 0.3 is 5.97 Å². The molecule has 0 unspecified atom stereocenters. The highest BCUT2D eigenvalue weighted by Gasteiger charge is 2.35. The summed E-state index contributed by atoms with van der Waals surface area (Å²) in [4.78, 5) is 23.3. The van der Waals surface area contributed by atoms with Gasteiger partial charge in [-0.15, -0.1) is 0 Å². The molecule has 1 heterocycles. The van der Waals surface area contributed by atoms with E-state index in [-0.39, 0.29) is 11.3 Å². The summed E-state index contributed by atoms with van der Waals surface area (Å²) < 4.78 is 1.84. The first-order chi connectivity index (χ1) is 10.6. The molecule has 1 fully saturated rings. The fourth-order valence-electron chi connectivity index (χ4n) is 3.15. The summed E-state index contributed by atoms with van der Waals surface area (Å²) >= 11 is 0. The van der Waals surface area contributed by atoms with Crippen LogP contribution < -0.4 is 0 Å². The highest BCUT2D eigenvalue weighted by molar-refractivity contribution is 5.99. The SMILES string of the molecule is O=C(O)c1ccc(-n2nc(C3CC3)c3c2CCCC3=O)cc1. The summed E-state index contributed by atoms with van der Waals surface area (Å²) in [6, 6.07) is 6.67. The number of hydrogen-bond acceptors (Lipinski definition) is 3. The molecule has 5 heteroatoms. The Bertz CT molecular complexity index is 770. The maximum Gasteiger partial charge on any atom is 0.335 e. The monoisotopic (exact) mass is 296 g/mol. The molecule has 1 saturated carbocycles. The van der Waals surface area contributed by atoms with Crippen LogP contribution in [0.25, 0.3) is 5.69 Å². The molecule has 2 aliphatic carbocycles. The smallest absolute Gasteiger partial charge is 0.335 e. The highest BCUT2D eigenvalue weighted by atomic mass is 16.4. The van der Waals surface area contributed by atoms with E-state index in [1.807, 2.05) is 4.68 Å². The van der Waals surface area contributed by atoms with Gasteiger partial charge in [-0.1, -0.05) is 0 Å². The van der Waals surface area contributed by atoms with Gasteiger partial charge in [0.1, 0.15) is 0 Å². The van der Waals surface area contributed by atoms with Crippen molar-refractivity contribution in [2.24, 2.45) is 0 Å². The minimum Gasteiger partial charge on any atom is -0.478 e. The predicted molar refractivity (Wildman–Crippen MR) is 79.8 cm³/mol. The highest BCUT2D eigenvalue weighted by Crippen LogP contribution is 2.43. The third-order valence-electron chi connectivity index (χ3n) is 4.43. The van der Waals surface area contributed by atoms with E-state index in [9.17, 15) is 9.59 Å². The summed E-state index contributed by atoms with van der Waals surface area (Å²) in [5, 5.41) is 13.7. The van der Waals surface area contributed by atoms with Crippen LogP contribution in [0.5, 0.6) is 0 Å². The molecule has 1 N–H and O–H groups in total. The number of aromatic carboxylic acids is 1. The average Bonchev–Trinajstić information content (AvgIpc) is 3.28. The van der Waals surface area contributed by atoms with Gasteiger partial charge in [-0.05, 0) is 49.9 Å². The van der Waals surface area contributed by atoms with E-state index in [1.165, 1.54) is 0 Å². The quantitative estimate of drug-likeness (QED) is 0.945. The second kappa shape index (κ2) is 4.80. The molecule has 0 spiro atoms. The fraction of sp³-hybridized carbons (Fsp3) is 0.353. The van der Waals surface area contributed by atoms with Crippen LogP contribution in [0.3, 0.4) is 0 Å². The van der Waals surface area contributed by atoms with Crippen molar-refractivity contribution >= 4 is 11.8 Å². The van der Waals surface area contributed by atoms with E-state index in [4.69, 9.17) is 10.2 Å². The molecule has 0 radical (unpaired) electrons. The van der Waals surface area contributed by atoms with Gasteiger partial charge < -0.3 is 5.11 Å². The molecule has 0 atom stereocenters. The maximum atomic E-state index is 12.3. The number of rotatable bonds is 3. The number of carbonyl (C=O) groups excluding carboxylic acids is 1. The number of carboxylic acid groups (broad SMARTS) is 1. The Hall–Kier alpha value is -2.43. The Labute approximate surface area is 127 Å². The summed E-state index contributed by atoms with van der Waals surface area (Å²) in [6.07, 6.45) is 4.52. The van der Waals surface area contributed by atoms with Crippen LogP contribution in [-0.4, -0.2) is 26.6 Å². The zero-order chi connectivity index (χ0) is 15.3. The Morgan fingerprint density at radius 1 is 1.18 bits per heavy atom. The van der Waals surface area contributed by atoms with Gasteiger partial charge in [0.15, 0.2) is 5.78 Å². The van der Waals surface area contributed by atoms with Crippen LogP contribution in [0.15, 0.2) is 24.3 Å². The minimum absolute atomic E-state index is 0.205. The molecule has 0 saturated heterocycles. The van der Waals surface area contributed by atoms with E-state index in [0.29, 0.717) is 12.3 Å². The van der Waals surface area contributed by atoms with Crippen molar-refractivity contribution in [2.45, 2.75) is 38.0 Å². The Morgan fingerprint density at radius 3 is 2.55 bits per heavy atom. The first kappa shape index (κ1) is 13.2. The van der Waals surface area contributed by atoms with Gasteiger partial charge in [0.2, 0.25) is 0 Å². The van der Waals surface area contributed by atoms with Crippen molar-refractivity contribution < 1.29 is 14.7 Å². The van der Waals surface area contributed by atoms with E-state index >= 15 is 0 Å². The van der Waals surface area contributed by atoms with Crippen LogP contribution in [0.2, 0.25) is 0 Å². The van der Waals surface area contributed by atoms with Gasteiger partial charge in [-0.3, -0.25) is 4.79 Å². The van der Waals surface area contributed by atoms with Crippen LogP contribution in [0.1, 0.15) is 63.7 Å². The van der Waals surface area contributed by atoms with Crippen molar-refractivity contribution in [3.8, 4) is 5.69 Å². The van der Waals surface area contributed by atoms with Gasteiger partial charge in [0.05, 0.1) is 28.2 Å². The summed E-state index contributed by atoms with van der Waals surface area (Å²) in [5.41, 5.74) is 3.84. The van der Waals surface area contributed by atoms with E-state index in [2.05, 4.69) is 0 Å². The zero-order valence-electron chi connectivity index (χ0n) is 12.1. The Kier molecular flexibility index (Phi) is 2.89. The number of carboxylic acids is 1. The maximum absolute atomic E-state index is 12.3. The molecule has 0 amide bonds. The Morgan fingerprint density at radius 2 is 1.91 bits per heavy atom. The summed E-state index contributed by atoms with van der Waals surface area (Å²) in [6.45, 7) is 0. The van der Waals surface area contributed by atoms with Crippen LogP contribution in [0, 0.1) is 0 Å². The third-order valence-corrected chi connectivity index (χ3v) is 4.43. The van der Waals surface area contributed by atoms with Crippen LogP contribution in [0.4, 0.5) is 0 Å². The lowest BCUT2D eigenvalue weighted by Gasteiger charge is -2.13. The van der Waals surface area contributed by atoms with Crippen molar-refractivity contribution in [3.05, 3.63) is 46.8 Å². The number of benzene rings is 1. The number of ketones is 1. The third kappa shape index (κ3) is 2.04. The van der Waals surface area contributed by atoms with Gasteiger partial charge in [-0.25, -0.2) is 9.48 Å². The Balaban J connectivity index is 1.83. The molecule has 112 valence electrons. The fourth-order valence-corrected chi connectivity index (χ4v) is 3.15. The molecule has 2 aliphatic rings. The molecule has 0 aliphatic heterocycles. The van der Waals surface area contributed by atoms with Crippen molar-refractivity contribution in [1.29, 1.82) is 0 Å². The first-order valence-corrected chi connectivity index (χ1v) is 7.64. The number of aromatic nitrogens is 2. The van der Waals surface area contributed by atoms with Crippen molar-refractivity contribution in [1.82, 2.24) is 9.78 Å². The molecule has 5 nitrogen and oxygen atoms in total. The molecule has 1 aromatic heterocycles. The van der Waals surface area contributed by atoms with E-state index in [0.717, 1.165) is 48.3 Å². The van der Waals surface area contributed by atoms with Gasteiger partial charge in [0, 0.05) is 12.3 Å². The molecule has 22 heavy (non-hydrogen) atoms. The lowest BCUT2D eigenvalue weighted by atomic mass is 9.93. The van der Waals surface area contributed by atoms with Gasteiger partial charge in [-0.2, -0.15) is 5.10 Å². The largest absolute Gasteiger partial charge is 0.478 e. The second-order valence-electron chi connectivity index (χ2n) is 6.02. The van der Waals surface area contributed by atoms with Crippen molar-refractivity contribution in [3.63, 3.8) is 0 Å². The predicted octanol–water partition coefficient (Wildman–Crippen LogP) is 2.97. The molecule has 4 rings (SSSR count). The molecule has 2 aromatic rings. The van der Waals surface area contributed by atoms with Gasteiger partial charge in [0.25, 0.3) is 0 Å². The average molecular weight is 296 g/mol. The molecular weight excluding hydrogens is 280 g/mol. The topological polar surface area (TPSA) is 72.2 Å². The zero-order valence-corrected chi connectivity index (χ0v) is 12.1. The molecule has 0 bridgehead atoms. The number of carbonyl (C=O) groups is 2. The van der Waals surface area contributed by atoms with Crippen molar-refractivity contribution in [2.75, 3.05) is 0 Å². The number of Topliss-reactive ketones (excluding diaryl/α,β-unsaturated/α-hetero) is 1.